The minimum atomic E-state index is 0.474. The molecule has 0 aliphatic heterocycles. The van der Waals surface area contributed by atoms with Gasteiger partial charge in [-0.15, -0.1) is 0 Å². The Morgan fingerprint density at radius 1 is 1.00 bits per heavy atom. The summed E-state index contributed by atoms with van der Waals surface area (Å²) in [6, 6.07) is 0. The first-order valence-corrected chi connectivity index (χ1v) is 7.18. The van der Waals surface area contributed by atoms with Crippen molar-refractivity contribution in [3.8, 4) is 0 Å². The minimum Gasteiger partial charge on any atom is -0.151 e. The summed E-state index contributed by atoms with van der Waals surface area (Å²) in [5, 5.41) is 2.94. The third-order valence-electron chi connectivity index (χ3n) is 3.56. The van der Waals surface area contributed by atoms with Crippen LogP contribution in [0.5, 0.6) is 0 Å². The van der Waals surface area contributed by atoms with Crippen molar-refractivity contribution in [1.82, 2.24) is 0 Å². The Morgan fingerprint density at radius 3 is 2.06 bits per heavy atom. The average molecular weight is 239 g/mol. The Labute approximate surface area is 107 Å². The highest BCUT2D eigenvalue weighted by molar-refractivity contribution is 5.13. The number of rotatable bonds is 10. The zero-order valence-electron chi connectivity index (χ0n) is 12.1. The van der Waals surface area contributed by atoms with Gasteiger partial charge in [-0.25, -0.2) is 0 Å². The second kappa shape index (κ2) is 10.5. The van der Waals surface area contributed by atoms with Gasteiger partial charge in [-0.2, -0.15) is 4.91 Å². The Bertz CT molecular complexity index is 233. The van der Waals surface area contributed by atoms with E-state index in [0.717, 1.165) is 6.42 Å². The van der Waals surface area contributed by atoms with E-state index in [2.05, 4.69) is 32.9 Å². The van der Waals surface area contributed by atoms with E-state index in [1.807, 2.05) is 0 Å². The van der Waals surface area contributed by atoms with Gasteiger partial charge in [0.2, 0.25) is 0 Å². The van der Waals surface area contributed by atoms with Crippen molar-refractivity contribution < 1.29 is 0 Å². The highest BCUT2D eigenvalue weighted by atomic mass is 16.3. The van der Waals surface area contributed by atoms with Crippen LogP contribution < -0.4 is 0 Å². The van der Waals surface area contributed by atoms with E-state index in [-0.39, 0.29) is 0 Å². The fourth-order valence-corrected chi connectivity index (χ4v) is 2.35. The SMILES string of the molecule is CCC/C(CC)=C(\CC)CCC(C)CCN=O. The van der Waals surface area contributed by atoms with Gasteiger partial charge in [0.1, 0.15) is 0 Å². The molecule has 0 aliphatic carbocycles. The normalized spacial score (nSPS) is 14.4. The van der Waals surface area contributed by atoms with Crippen LogP contribution in [0.1, 0.15) is 72.6 Å². The molecule has 17 heavy (non-hydrogen) atoms. The Hall–Kier alpha value is -0.660. The largest absolute Gasteiger partial charge is 0.151 e. The molecule has 0 radical (unpaired) electrons. The molecule has 0 aromatic rings. The van der Waals surface area contributed by atoms with Crippen LogP contribution in [0.3, 0.4) is 0 Å². The predicted molar refractivity (Wildman–Crippen MR) is 76.2 cm³/mol. The predicted octanol–water partition coefficient (Wildman–Crippen LogP) is 5.48. The van der Waals surface area contributed by atoms with Crippen molar-refractivity contribution in [3.05, 3.63) is 16.1 Å². The van der Waals surface area contributed by atoms with Gasteiger partial charge < -0.3 is 0 Å². The molecule has 2 nitrogen and oxygen atoms in total. The molecule has 0 fully saturated rings. The van der Waals surface area contributed by atoms with Crippen LogP contribution in [-0.2, 0) is 0 Å². The van der Waals surface area contributed by atoms with Crippen molar-refractivity contribution in [2.24, 2.45) is 11.1 Å². The standard InChI is InChI=1S/C15H29NO/c1-5-8-14(6-2)15(7-3)10-9-13(4)11-12-16-17/h13H,5-12H2,1-4H3/b15-14+. The highest BCUT2D eigenvalue weighted by Crippen LogP contribution is 2.24. The molecule has 0 saturated carbocycles. The van der Waals surface area contributed by atoms with Crippen molar-refractivity contribution in [2.45, 2.75) is 72.6 Å². The summed E-state index contributed by atoms with van der Waals surface area (Å²) >= 11 is 0. The van der Waals surface area contributed by atoms with Gasteiger partial charge in [-0.1, -0.05) is 50.4 Å². The molecule has 0 saturated heterocycles. The Balaban J connectivity index is 4.23. The second-order valence-corrected chi connectivity index (χ2v) is 4.95. The van der Waals surface area contributed by atoms with E-state index in [1.54, 1.807) is 11.1 Å². The van der Waals surface area contributed by atoms with Gasteiger partial charge in [0, 0.05) is 0 Å². The summed E-state index contributed by atoms with van der Waals surface area (Å²) < 4.78 is 0. The van der Waals surface area contributed by atoms with E-state index in [9.17, 15) is 4.91 Å². The number of hydrogen-bond acceptors (Lipinski definition) is 2. The monoisotopic (exact) mass is 239 g/mol. The summed E-state index contributed by atoms with van der Waals surface area (Å²) in [5.41, 5.74) is 3.32. The maximum Gasteiger partial charge on any atom is 0.0813 e. The number of hydrogen-bond donors (Lipinski definition) is 0. The van der Waals surface area contributed by atoms with E-state index in [4.69, 9.17) is 0 Å². The number of allylic oxidation sites excluding steroid dienone is 2. The molecule has 0 aliphatic rings. The van der Waals surface area contributed by atoms with Crippen LogP contribution in [0.4, 0.5) is 0 Å². The van der Waals surface area contributed by atoms with Gasteiger partial charge in [0.25, 0.3) is 0 Å². The van der Waals surface area contributed by atoms with Gasteiger partial charge in [0.05, 0.1) is 6.54 Å². The summed E-state index contributed by atoms with van der Waals surface area (Å²) in [7, 11) is 0. The molecule has 0 spiro atoms. The third-order valence-corrected chi connectivity index (χ3v) is 3.56. The molecule has 100 valence electrons. The zero-order valence-corrected chi connectivity index (χ0v) is 12.1. The zero-order chi connectivity index (χ0) is 13.1. The van der Waals surface area contributed by atoms with Gasteiger partial charge in [-0.05, 0) is 44.4 Å². The maximum absolute atomic E-state index is 10.1. The lowest BCUT2D eigenvalue weighted by Gasteiger charge is -2.15. The number of nitroso groups, excluding NO2 is 1. The maximum atomic E-state index is 10.1. The number of nitrogens with zero attached hydrogens (tertiary/aromatic N) is 1. The van der Waals surface area contributed by atoms with Crippen LogP contribution in [0.2, 0.25) is 0 Å². The van der Waals surface area contributed by atoms with E-state index in [1.165, 1.54) is 38.5 Å². The van der Waals surface area contributed by atoms with Crippen LogP contribution in [0.25, 0.3) is 0 Å². The fraction of sp³-hybridized carbons (Fsp3) is 0.867. The molecule has 2 heteroatoms. The summed E-state index contributed by atoms with van der Waals surface area (Å²) in [6.07, 6.45) is 8.23. The smallest absolute Gasteiger partial charge is 0.0813 e. The van der Waals surface area contributed by atoms with Crippen LogP contribution in [0, 0.1) is 10.8 Å². The lowest BCUT2D eigenvalue weighted by molar-refractivity contribution is 0.494. The molecule has 0 heterocycles. The molecule has 0 amide bonds. The van der Waals surface area contributed by atoms with Gasteiger partial charge in [0.15, 0.2) is 0 Å². The van der Waals surface area contributed by atoms with Crippen LogP contribution >= 0.6 is 0 Å². The van der Waals surface area contributed by atoms with Crippen molar-refractivity contribution in [2.75, 3.05) is 6.54 Å². The van der Waals surface area contributed by atoms with Gasteiger partial charge in [-0.3, -0.25) is 0 Å². The molecule has 0 bridgehead atoms. The molecule has 0 aromatic carbocycles. The Kier molecular flexibility index (Phi) is 10.1. The lowest BCUT2D eigenvalue weighted by Crippen LogP contribution is -1.99. The first-order valence-electron chi connectivity index (χ1n) is 7.18. The van der Waals surface area contributed by atoms with E-state index >= 15 is 0 Å². The summed E-state index contributed by atoms with van der Waals surface area (Å²) in [6.45, 7) is 9.48. The topological polar surface area (TPSA) is 29.4 Å². The molecular weight excluding hydrogens is 210 g/mol. The second-order valence-electron chi connectivity index (χ2n) is 4.95. The summed E-state index contributed by atoms with van der Waals surface area (Å²) in [5.74, 6) is 0.619. The van der Waals surface area contributed by atoms with Crippen LogP contribution in [0.15, 0.2) is 16.3 Å². The highest BCUT2D eigenvalue weighted by Gasteiger charge is 2.07. The molecule has 0 rings (SSSR count). The van der Waals surface area contributed by atoms with E-state index < -0.39 is 0 Å². The Morgan fingerprint density at radius 2 is 1.59 bits per heavy atom. The quantitative estimate of drug-likeness (QED) is 0.367. The van der Waals surface area contributed by atoms with Crippen molar-refractivity contribution in [3.63, 3.8) is 0 Å². The minimum absolute atomic E-state index is 0.474. The van der Waals surface area contributed by atoms with Crippen molar-refractivity contribution >= 4 is 0 Å². The van der Waals surface area contributed by atoms with Crippen molar-refractivity contribution in [1.29, 1.82) is 0 Å². The van der Waals surface area contributed by atoms with Gasteiger partial charge >= 0.3 is 0 Å². The molecule has 0 N–H and O–H groups in total. The summed E-state index contributed by atoms with van der Waals surface area (Å²) in [4.78, 5) is 10.1. The van der Waals surface area contributed by atoms with Crippen LogP contribution in [-0.4, -0.2) is 6.54 Å². The van der Waals surface area contributed by atoms with E-state index in [0.29, 0.717) is 12.5 Å². The average Bonchev–Trinajstić information content (AvgIpc) is 2.35. The molecule has 1 unspecified atom stereocenters. The molecule has 1 atom stereocenters. The fourth-order valence-electron chi connectivity index (χ4n) is 2.35. The molecule has 0 aromatic heterocycles. The first-order chi connectivity index (χ1) is 8.19. The lowest BCUT2D eigenvalue weighted by atomic mass is 9.92. The molecular formula is C15H29NO. The third kappa shape index (κ3) is 7.30. The first kappa shape index (κ1) is 16.3.